The van der Waals surface area contributed by atoms with Gasteiger partial charge in [0.1, 0.15) is 17.4 Å². The van der Waals surface area contributed by atoms with Crippen molar-refractivity contribution in [3.8, 4) is 5.75 Å². The number of benzene rings is 1. The molecule has 3 nitrogen and oxygen atoms in total. The van der Waals surface area contributed by atoms with Gasteiger partial charge in [-0.15, -0.1) is 23.7 Å². The van der Waals surface area contributed by atoms with Gasteiger partial charge < -0.3 is 10.1 Å². The number of nitrogens with one attached hydrogen (secondary N) is 1. The number of hydrogen-bond donors (Lipinski definition) is 1. The third-order valence-electron chi connectivity index (χ3n) is 2.33. The van der Waals surface area contributed by atoms with Crippen LogP contribution in [0.2, 0.25) is 5.02 Å². The van der Waals surface area contributed by atoms with Crippen LogP contribution in [0.4, 0.5) is 0 Å². The van der Waals surface area contributed by atoms with Crippen LogP contribution in [0.25, 0.3) is 0 Å². The summed E-state index contributed by atoms with van der Waals surface area (Å²) in [5.74, 6) is 0.806. The molecule has 0 radical (unpaired) electrons. The van der Waals surface area contributed by atoms with Gasteiger partial charge in [0.15, 0.2) is 0 Å². The first-order valence-electron chi connectivity index (χ1n) is 5.80. The molecule has 0 fully saturated rings. The van der Waals surface area contributed by atoms with Gasteiger partial charge in [0.05, 0.1) is 5.69 Å². The van der Waals surface area contributed by atoms with E-state index in [4.69, 9.17) is 16.3 Å². The highest BCUT2D eigenvalue weighted by atomic mass is 35.5. The van der Waals surface area contributed by atoms with Gasteiger partial charge in [-0.2, -0.15) is 0 Å². The van der Waals surface area contributed by atoms with Crippen LogP contribution in [0.15, 0.2) is 29.6 Å². The van der Waals surface area contributed by atoms with E-state index < -0.39 is 0 Å². The molecule has 0 atom stereocenters. The summed E-state index contributed by atoms with van der Waals surface area (Å²) < 4.78 is 5.63. The van der Waals surface area contributed by atoms with Crippen molar-refractivity contribution < 1.29 is 4.74 Å². The van der Waals surface area contributed by atoms with Crippen molar-refractivity contribution in [2.75, 3.05) is 6.54 Å². The van der Waals surface area contributed by atoms with Crippen molar-refractivity contribution in [1.29, 1.82) is 0 Å². The van der Waals surface area contributed by atoms with Crippen LogP contribution in [0.5, 0.6) is 5.75 Å². The lowest BCUT2D eigenvalue weighted by Crippen LogP contribution is -2.11. The molecule has 0 spiro atoms. The Labute approximate surface area is 128 Å². The minimum atomic E-state index is 0. The zero-order chi connectivity index (χ0) is 12.8. The molecular formula is C13H16Cl2N2OS. The van der Waals surface area contributed by atoms with Crippen LogP contribution in [0, 0.1) is 0 Å². The summed E-state index contributed by atoms with van der Waals surface area (Å²) in [6, 6.07) is 7.34. The van der Waals surface area contributed by atoms with E-state index in [0.717, 1.165) is 29.5 Å². The summed E-state index contributed by atoms with van der Waals surface area (Å²) in [4.78, 5) is 4.49. The van der Waals surface area contributed by atoms with E-state index in [0.29, 0.717) is 11.6 Å². The quantitative estimate of drug-likeness (QED) is 0.876. The number of rotatable bonds is 6. The van der Waals surface area contributed by atoms with Gasteiger partial charge in [-0.05, 0) is 30.8 Å². The Kier molecular flexibility index (Phi) is 7.16. The van der Waals surface area contributed by atoms with E-state index in [1.54, 1.807) is 11.3 Å². The fraction of sp³-hybridized carbons (Fsp3) is 0.308. The monoisotopic (exact) mass is 318 g/mol. The molecule has 0 aliphatic rings. The lowest BCUT2D eigenvalue weighted by atomic mass is 10.3. The lowest BCUT2D eigenvalue weighted by Gasteiger charge is -2.03. The van der Waals surface area contributed by atoms with E-state index >= 15 is 0 Å². The van der Waals surface area contributed by atoms with Gasteiger partial charge in [0, 0.05) is 16.9 Å². The van der Waals surface area contributed by atoms with Crippen molar-refractivity contribution >= 4 is 35.3 Å². The van der Waals surface area contributed by atoms with Crippen LogP contribution >= 0.6 is 35.3 Å². The first kappa shape index (κ1) is 16.2. The van der Waals surface area contributed by atoms with Crippen LogP contribution in [0.3, 0.4) is 0 Å². The molecule has 0 saturated carbocycles. The Bertz CT molecular complexity index is 488. The maximum atomic E-state index is 5.81. The van der Waals surface area contributed by atoms with Crippen LogP contribution in [-0.2, 0) is 13.2 Å². The Morgan fingerprint density at radius 1 is 1.32 bits per heavy atom. The SMILES string of the molecule is CCNCc1nc(COc2ccc(Cl)cc2)cs1.Cl. The van der Waals surface area contributed by atoms with Crippen molar-refractivity contribution in [2.45, 2.75) is 20.1 Å². The number of hydrogen-bond acceptors (Lipinski definition) is 4. The highest BCUT2D eigenvalue weighted by Crippen LogP contribution is 2.17. The number of aromatic nitrogens is 1. The molecule has 6 heteroatoms. The predicted molar refractivity (Wildman–Crippen MR) is 82.5 cm³/mol. The topological polar surface area (TPSA) is 34.2 Å². The van der Waals surface area contributed by atoms with Gasteiger partial charge in [-0.1, -0.05) is 18.5 Å². The number of ether oxygens (including phenoxy) is 1. The van der Waals surface area contributed by atoms with Gasteiger partial charge in [-0.3, -0.25) is 0 Å². The number of thiazole rings is 1. The van der Waals surface area contributed by atoms with E-state index in [-0.39, 0.29) is 12.4 Å². The van der Waals surface area contributed by atoms with Gasteiger partial charge in [0.2, 0.25) is 0 Å². The van der Waals surface area contributed by atoms with Crippen molar-refractivity contribution in [3.05, 3.63) is 45.4 Å². The summed E-state index contributed by atoms with van der Waals surface area (Å²) in [6.45, 7) is 4.35. The molecule has 1 N–H and O–H groups in total. The van der Waals surface area contributed by atoms with Crippen LogP contribution < -0.4 is 10.1 Å². The average Bonchev–Trinajstić information content (AvgIpc) is 2.84. The van der Waals surface area contributed by atoms with Crippen LogP contribution in [0.1, 0.15) is 17.6 Å². The number of halogens is 2. The third kappa shape index (κ3) is 5.37. The molecule has 19 heavy (non-hydrogen) atoms. The molecule has 1 aromatic heterocycles. The van der Waals surface area contributed by atoms with E-state index in [1.165, 1.54) is 0 Å². The first-order chi connectivity index (χ1) is 8.78. The smallest absolute Gasteiger partial charge is 0.131 e. The summed E-state index contributed by atoms with van der Waals surface area (Å²) >= 11 is 7.46. The van der Waals surface area contributed by atoms with Gasteiger partial charge in [0.25, 0.3) is 0 Å². The van der Waals surface area contributed by atoms with E-state index in [9.17, 15) is 0 Å². The molecule has 2 aromatic rings. The fourth-order valence-electron chi connectivity index (χ4n) is 1.42. The van der Waals surface area contributed by atoms with Gasteiger partial charge >= 0.3 is 0 Å². The molecule has 0 aliphatic heterocycles. The molecule has 0 amide bonds. The summed E-state index contributed by atoms with van der Waals surface area (Å²) in [6.07, 6.45) is 0. The molecule has 104 valence electrons. The lowest BCUT2D eigenvalue weighted by molar-refractivity contribution is 0.302. The molecule has 0 aliphatic carbocycles. The highest BCUT2D eigenvalue weighted by molar-refractivity contribution is 7.09. The average molecular weight is 319 g/mol. The summed E-state index contributed by atoms with van der Waals surface area (Å²) in [7, 11) is 0. The van der Waals surface area contributed by atoms with Crippen molar-refractivity contribution in [3.63, 3.8) is 0 Å². The predicted octanol–water partition coefficient (Wildman–Crippen LogP) is 3.91. The van der Waals surface area contributed by atoms with E-state index in [2.05, 4.69) is 17.2 Å². The second kappa shape index (κ2) is 8.38. The molecular weight excluding hydrogens is 303 g/mol. The van der Waals surface area contributed by atoms with Gasteiger partial charge in [-0.25, -0.2) is 4.98 Å². The second-order valence-electron chi connectivity index (χ2n) is 3.76. The summed E-state index contributed by atoms with van der Waals surface area (Å²) in [5.41, 5.74) is 0.961. The molecule has 0 bridgehead atoms. The Morgan fingerprint density at radius 2 is 2.05 bits per heavy atom. The molecule has 1 aromatic carbocycles. The van der Waals surface area contributed by atoms with Crippen LogP contribution in [-0.4, -0.2) is 11.5 Å². The molecule has 0 unspecified atom stereocenters. The second-order valence-corrected chi connectivity index (χ2v) is 5.13. The standard InChI is InChI=1S/C13H15ClN2OS.ClH/c1-2-15-7-13-16-11(9-18-13)8-17-12-5-3-10(14)4-6-12;/h3-6,9,15H,2,7-8H2,1H3;1H. The maximum absolute atomic E-state index is 5.81. The zero-order valence-electron chi connectivity index (χ0n) is 10.6. The minimum absolute atomic E-state index is 0. The highest BCUT2D eigenvalue weighted by Gasteiger charge is 2.02. The normalized spacial score (nSPS) is 10.0. The largest absolute Gasteiger partial charge is 0.487 e. The minimum Gasteiger partial charge on any atom is -0.487 e. The third-order valence-corrected chi connectivity index (χ3v) is 3.48. The Morgan fingerprint density at radius 3 is 2.74 bits per heavy atom. The Balaban J connectivity index is 0.00000180. The fourth-order valence-corrected chi connectivity index (χ4v) is 2.29. The maximum Gasteiger partial charge on any atom is 0.131 e. The van der Waals surface area contributed by atoms with Crippen molar-refractivity contribution in [1.82, 2.24) is 10.3 Å². The summed E-state index contributed by atoms with van der Waals surface area (Å²) in [5, 5.41) is 7.08. The zero-order valence-corrected chi connectivity index (χ0v) is 12.9. The van der Waals surface area contributed by atoms with E-state index in [1.807, 2.05) is 29.6 Å². The molecule has 0 saturated heterocycles. The molecule has 2 rings (SSSR count). The molecule has 1 heterocycles. The first-order valence-corrected chi connectivity index (χ1v) is 7.06. The Hall–Kier alpha value is -0.810. The van der Waals surface area contributed by atoms with Crippen molar-refractivity contribution in [2.24, 2.45) is 0 Å². The number of nitrogens with zero attached hydrogens (tertiary/aromatic N) is 1.